The molecule has 8 heteroatoms. The lowest BCUT2D eigenvalue weighted by Crippen LogP contribution is -2.44. The van der Waals surface area contributed by atoms with Gasteiger partial charge in [-0.3, -0.25) is 14.9 Å². The summed E-state index contributed by atoms with van der Waals surface area (Å²) in [5, 5.41) is 14.4. The van der Waals surface area contributed by atoms with Crippen molar-refractivity contribution in [1.82, 2.24) is 5.32 Å². The number of rotatable bonds is 7. The highest BCUT2D eigenvalue weighted by atomic mass is 79.9. The zero-order valence-electron chi connectivity index (χ0n) is 19.3. The number of carbonyl (C=O) groups excluding carboxylic acids is 2. The first-order chi connectivity index (χ1) is 16.6. The summed E-state index contributed by atoms with van der Waals surface area (Å²) in [6.45, 7) is 3.43. The number of carboxylic acids is 1. The summed E-state index contributed by atoms with van der Waals surface area (Å²) in [5.74, 6) is -1.52. The number of hydrogen-bond acceptors (Lipinski definition) is 4. The Balaban J connectivity index is 1.44. The third-order valence-corrected chi connectivity index (χ3v) is 6.55. The van der Waals surface area contributed by atoms with Crippen molar-refractivity contribution in [3.05, 3.63) is 87.9 Å². The predicted molar refractivity (Wildman–Crippen MR) is 137 cm³/mol. The van der Waals surface area contributed by atoms with Gasteiger partial charge in [0.05, 0.1) is 12.1 Å². The lowest BCUT2D eigenvalue weighted by atomic mass is 9.98. The second-order valence-electron chi connectivity index (χ2n) is 9.05. The van der Waals surface area contributed by atoms with Gasteiger partial charge < -0.3 is 15.2 Å². The van der Waals surface area contributed by atoms with Gasteiger partial charge in [-0.05, 0) is 70.2 Å². The van der Waals surface area contributed by atoms with Gasteiger partial charge in [-0.25, -0.2) is 4.79 Å². The van der Waals surface area contributed by atoms with E-state index in [4.69, 9.17) is 9.84 Å². The Kier molecular flexibility index (Phi) is 6.93. The van der Waals surface area contributed by atoms with Crippen LogP contribution in [0.3, 0.4) is 0 Å². The van der Waals surface area contributed by atoms with E-state index in [9.17, 15) is 14.4 Å². The van der Waals surface area contributed by atoms with E-state index in [1.54, 1.807) is 26.0 Å². The summed E-state index contributed by atoms with van der Waals surface area (Å²) in [5.41, 5.74) is 4.23. The highest BCUT2D eigenvalue weighted by Crippen LogP contribution is 2.44. The maximum atomic E-state index is 12.7. The fourth-order valence-electron chi connectivity index (χ4n) is 4.31. The predicted octanol–water partition coefficient (Wildman–Crippen LogP) is 5.79. The largest absolute Gasteiger partial charge is 0.481 e. The van der Waals surface area contributed by atoms with Crippen LogP contribution in [-0.4, -0.2) is 35.2 Å². The average molecular weight is 537 g/mol. The zero-order valence-corrected chi connectivity index (χ0v) is 20.9. The number of amides is 2. The number of fused-ring (bicyclic) bond motifs is 3. The number of hydrogen-bond donors (Lipinski definition) is 3. The summed E-state index contributed by atoms with van der Waals surface area (Å²) in [6.07, 6.45) is -0.864. The first kappa shape index (κ1) is 24.5. The van der Waals surface area contributed by atoms with Crippen molar-refractivity contribution >= 4 is 39.6 Å². The highest BCUT2D eigenvalue weighted by Gasteiger charge is 2.29. The molecule has 0 radical (unpaired) electrons. The highest BCUT2D eigenvalue weighted by molar-refractivity contribution is 9.10. The number of nitrogens with one attached hydrogen (secondary N) is 2. The molecule has 3 aromatic carbocycles. The topological polar surface area (TPSA) is 105 Å². The van der Waals surface area contributed by atoms with Crippen LogP contribution in [0.15, 0.2) is 71.2 Å². The SMILES string of the molecule is CC(C)(CC(=O)O)NC(=O)c1ccc(Br)c(NC(=O)OCC2c3ccccc3-c3ccccc32)c1. The van der Waals surface area contributed by atoms with Crippen LogP contribution in [0.1, 0.15) is 47.7 Å². The summed E-state index contributed by atoms with van der Waals surface area (Å²) >= 11 is 3.38. The molecule has 3 aromatic rings. The minimum atomic E-state index is -1.01. The van der Waals surface area contributed by atoms with Crippen molar-refractivity contribution < 1.29 is 24.2 Å². The minimum absolute atomic E-state index is 0.0647. The van der Waals surface area contributed by atoms with E-state index < -0.39 is 23.5 Å². The second-order valence-corrected chi connectivity index (χ2v) is 9.91. The van der Waals surface area contributed by atoms with Gasteiger partial charge in [-0.1, -0.05) is 48.5 Å². The number of ether oxygens (including phenoxy) is 1. The Bertz CT molecular complexity index is 1260. The first-order valence-corrected chi connectivity index (χ1v) is 11.9. The van der Waals surface area contributed by atoms with Crippen LogP contribution in [0, 0.1) is 0 Å². The minimum Gasteiger partial charge on any atom is -0.481 e. The average Bonchev–Trinajstić information content (AvgIpc) is 3.11. The Morgan fingerprint density at radius 1 is 0.971 bits per heavy atom. The van der Waals surface area contributed by atoms with E-state index in [1.807, 2.05) is 36.4 Å². The Morgan fingerprint density at radius 2 is 1.57 bits per heavy atom. The van der Waals surface area contributed by atoms with Gasteiger partial charge in [0.2, 0.25) is 0 Å². The lowest BCUT2D eigenvalue weighted by Gasteiger charge is -2.24. The van der Waals surface area contributed by atoms with Crippen LogP contribution in [0.5, 0.6) is 0 Å². The van der Waals surface area contributed by atoms with Crippen molar-refractivity contribution in [3.8, 4) is 11.1 Å². The summed E-state index contributed by atoms with van der Waals surface area (Å²) in [6, 6.07) is 20.9. The van der Waals surface area contributed by atoms with Crippen LogP contribution >= 0.6 is 15.9 Å². The van der Waals surface area contributed by atoms with Gasteiger partial charge in [0.15, 0.2) is 0 Å². The molecule has 0 unspecified atom stereocenters. The smallest absolute Gasteiger partial charge is 0.411 e. The fourth-order valence-corrected chi connectivity index (χ4v) is 4.65. The molecule has 3 N–H and O–H groups in total. The first-order valence-electron chi connectivity index (χ1n) is 11.1. The molecule has 2 amide bonds. The number of halogens is 1. The Hall–Kier alpha value is -3.65. The van der Waals surface area contributed by atoms with Gasteiger partial charge in [-0.15, -0.1) is 0 Å². The van der Waals surface area contributed by atoms with Gasteiger partial charge in [0.25, 0.3) is 5.91 Å². The molecule has 1 aliphatic carbocycles. The van der Waals surface area contributed by atoms with Crippen molar-refractivity contribution in [2.75, 3.05) is 11.9 Å². The molecule has 0 heterocycles. The molecule has 0 saturated heterocycles. The molecule has 0 aromatic heterocycles. The molecule has 180 valence electrons. The third kappa shape index (κ3) is 5.54. The summed E-state index contributed by atoms with van der Waals surface area (Å²) in [4.78, 5) is 36.3. The molecule has 0 spiro atoms. The van der Waals surface area contributed by atoms with Crippen LogP contribution < -0.4 is 10.6 Å². The molecule has 0 saturated carbocycles. The molecule has 1 aliphatic rings. The third-order valence-electron chi connectivity index (χ3n) is 5.85. The summed E-state index contributed by atoms with van der Waals surface area (Å²) < 4.78 is 6.16. The van der Waals surface area contributed by atoms with Crippen LogP contribution in [0.4, 0.5) is 10.5 Å². The number of carboxylic acid groups (broad SMARTS) is 1. The normalized spacial score (nSPS) is 12.4. The molecular formula is C27H25BrN2O5. The van der Waals surface area contributed by atoms with E-state index in [0.717, 1.165) is 22.3 Å². The van der Waals surface area contributed by atoms with Gasteiger partial charge in [-0.2, -0.15) is 0 Å². The van der Waals surface area contributed by atoms with E-state index in [0.29, 0.717) is 10.2 Å². The molecule has 0 atom stereocenters. The molecule has 7 nitrogen and oxygen atoms in total. The molecule has 0 bridgehead atoms. The van der Waals surface area contributed by atoms with Crippen molar-refractivity contribution in [2.45, 2.75) is 31.7 Å². The molecular weight excluding hydrogens is 512 g/mol. The zero-order chi connectivity index (χ0) is 25.2. The summed E-state index contributed by atoms with van der Waals surface area (Å²) in [7, 11) is 0. The van der Waals surface area contributed by atoms with Crippen molar-refractivity contribution in [3.63, 3.8) is 0 Å². The number of carbonyl (C=O) groups is 3. The quantitative estimate of drug-likeness (QED) is 0.354. The van der Waals surface area contributed by atoms with Crippen LogP contribution in [0.25, 0.3) is 11.1 Å². The maximum Gasteiger partial charge on any atom is 0.411 e. The fraction of sp³-hybridized carbons (Fsp3) is 0.222. The molecule has 4 rings (SSSR count). The monoisotopic (exact) mass is 536 g/mol. The van der Waals surface area contributed by atoms with E-state index >= 15 is 0 Å². The number of anilines is 1. The van der Waals surface area contributed by atoms with Crippen LogP contribution in [-0.2, 0) is 9.53 Å². The van der Waals surface area contributed by atoms with Gasteiger partial charge in [0, 0.05) is 21.5 Å². The van der Waals surface area contributed by atoms with Gasteiger partial charge in [0.1, 0.15) is 6.61 Å². The molecule has 0 fully saturated rings. The van der Waals surface area contributed by atoms with Crippen molar-refractivity contribution in [1.29, 1.82) is 0 Å². The Labute approximate surface area is 211 Å². The van der Waals surface area contributed by atoms with E-state index in [-0.39, 0.29) is 24.5 Å². The maximum absolute atomic E-state index is 12.7. The van der Waals surface area contributed by atoms with Crippen molar-refractivity contribution in [2.24, 2.45) is 0 Å². The van der Waals surface area contributed by atoms with Gasteiger partial charge >= 0.3 is 12.1 Å². The van der Waals surface area contributed by atoms with E-state index in [1.165, 1.54) is 6.07 Å². The lowest BCUT2D eigenvalue weighted by molar-refractivity contribution is -0.138. The molecule has 35 heavy (non-hydrogen) atoms. The molecule has 0 aliphatic heterocycles. The van der Waals surface area contributed by atoms with E-state index in [2.05, 4.69) is 38.7 Å². The number of aliphatic carboxylic acids is 1. The Morgan fingerprint density at radius 3 is 2.17 bits per heavy atom. The van der Waals surface area contributed by atoms with Crippen LogP contribution in [0.2, 0.25) is 0 Å². The second kappa shape index (κ2) is 9.92. The number of benzene rings is 3. The standard InChI is InChI=1S/C27H25BrN2O5/c1-27(2,14-24(31)32)30-25(33)16-11-12-22(28)23(13-16)29-26(34)35-15-21-19-9-5-3-7-17(19)18-8-4-6-10-20(18)21/h3-13,21H,14-15H2,1-2H3,(H,29,34)(H,30,33)(H,31,32).